The third-order valence-electron chi connectivity index (χ3n) is 3.52. The summed E-state index contributed by atoms with van der Waals surface area (Å²) in [5.41, 5.74) is 0.947. The fourth-order valence-electron chi connectivity index (χ4n) is 2.36. The highest BCUT2D eigenvalue weighted by Gasteiger charge is 2.45. The van der Waals surface area contributed by atoms with E-state index in [0.29, 0.717) is 0 Å². The number of carbonyl (C=O) groups is 2. The highest BCUT2D eigenvalue weighted by molar-refractivity contribution is 7.91. The second-order valence-electron chi connectivity index (χ2n) is 5.21. The Bertz CT molecular complexity index is 662. The maximum Gasteiger partial charge on any atom is 0.320 e. The largest absolute Gasteiger partial charge is 0.465 e. The molecule has 0 radical (unpaired) electrons. The van der Waals surface area contributed by atoms with Crippen LogP contribution < -0.4 is 0 Å². The number of esters is 2. The maximum atomic E-state index is 12.4. The Morgan fingerprint density at radius 2 is 1.95 bits per heavy atom. The molecule has 1 aliphatic rings. The second kappa shape index (κ2) is 6.48. The lowest BCUT2D eigenvalue weighted by molar-refractivity contribution is -0.156. The van der Waals surface area contributed by atoms with Gasteiger partial charge >= 0.3 is 11.9 Å². The van der Waals surface area contributed by atoms with E-state index in [0.717, 1.165) is 5.56 Å². The second-order valence-corrected chi connectivity index (χ2v) is 7.25. The van der Waals surface area contributed by atoms with Crippen LogP contribution in [0.15, 0.2) is 29.2 Å². The van der Waals surface area contributed by atoms with Crippen LogP contribution in [0, 0.1) is 18.8 Å². The molecule has 22 heavy (non-hydrogen) atoms. The summed E-state index contributed by atoms with van der Waals surface area (Å²) in [6.45, 7) is 3.51. The van der Waals surface area contributed by atoms with Crippen LogP contribution in [0.1, 0.15) is 12.5 Å². The first-order valence-corrected chi connectivity index (χ1v) is 8.63. The minimum atomic E-state index is -3.61. The molecule has 2 atom stereocenters. The molecule has 0 aliphatic carbocycles. The quantitative estimate of drug-likeness (QED) is 0.595. The van der Waals surface area contributed by atoms with Crippen LogP contribution in [0.4, 0.5) is 0 Å². The van der Waals surface area contributed by atoms with Crippen molar-refractivity contribution in [2.45, 2.75) is 18.7 Å². The Morgan fingerprint density at radius 3 is 2.55 bits per heavy atom. The van der Waals surface area contributed by atoms with E-state index in [1.165, 1.54) is 12.1 Å². The molecule has 0 bridgehead atoms. The molecule has 2 unspecified atom stereocenters. The van der Waals surface area contributed by atoms with Crippen LogP contribution in [0.25, 0.3) is 0 Å². The molecule has 0 spiro atoms. The first-order valence-electron chi connectivity index (χ1n) is 6.98. The summed E-state index contributed by atoms with van der Waals surface area (Å²) in [6, 6.07) is 6.43. The number of hydrogen-bond donors (Lipinski definition) is 0. The number of carbonyl (C=O) groups excluding carboxylic acids is 2. The Kier molecular flexibility index (Phi) is 4.85. The van der Waals surface area contributed by atoms with E-state index >= 15 is 0 Å². The van der Waals surface area contributed by atoms with Gasteiger partial charge in [0.2, 0.25) is 0 Å². The predicted octanol–water partition coefficient (Wildman–Crippen LogP) is 1.12. The highest BCUT2D eigenvalue weighted by Crippen LogP contribution is 2.27. The average molecular weight is 326 g/mol. The van der Waals surface area contributed by atoms with Crippen LogP contribution in [-0.2, 0) is 28.9 Å². The topological polar surface area (TPSA) is 86.7 Å². The standard InChI is InChI=1S/C15H18O6S/c1-3-20-14(16)13-11(8-21-15(13)17)9-22(18,19)12-6-4-10(2)5-7-12/h4-7,11,13H,3,8-9H2,1-2H3. The van der Waals surface area contributed by atoms with Crippen molar-refractivity contribution in [1.82, 2.24) is 0 Å². The summed E-state index contributed by atoms with van der Waals surface area (Å²) < 4.78 is 34.5. The molecular formula is C15H18O6S. The van der Waals surface area contributed by atoms with Crippen molar-refractivity contribution in [1.29, 1.82) is 0 Å². The van der Waals surface area contributed by atoms with Gasteiger partial charge in [-0.05, 0) is 26.0 Å². The number of rotatable bonds is 5. The third-order valence-corrected chi connectivity index (χ3v) is 5.38. The molecule has 1 fully saturated rings. The van der Waals surface area contributed by atoms with E-state index < -0.39 is 33.6 Å². The zero-order chi connectivity index (χ0) is 16.3. The molecule has 1 heterocycles. The fraction of sp³-hybridized carbons (Fsp3) is 0.467. The molecule has 1 saturated heterocycles. The van der Waals surface area contributed by atoms with Crippen LogP contribution >= 0.6 is 0 Å². The number of cyclic esters (lactones) is 1. The third kappa shape index (κ3) is 3.47. The number of benzene rings is 1. The Hall–Kier alpha value is -1.89. The van der Waals surface area contributed by atoms with Gasteiger partial charge in [0.25, 0.3) is 0 Å². The van der Waals surface area contributed by atoms with Gasteiger partial charge in [-0.2, -0.15) is 0 Å². The molecule has 1 aromatic carbocycles. The van der Waals surface area contributed by atoms with Crippen molar-refractivity contribution in [2.75, 3.05) is 19.0 Å². The zero-order valence-corrected chi connectivity index (χ0v) is 13.3. The number of sulfone groups is 1. The van der Waals surface area contributed by atoms with Gasteiger partial charge in [0, 0.05) is 5.92 Å². The molecule has 1 aliphatic heterocycles. The molecular weight excluding hydrogens is 308 g/mol. The van der Waals surface area contributed by atoms with Crippen molar-refractivity contribution in [2.24, 2.45) is 11.8 Å². The van der Waals surface area contributed by atoms with Crippen LogP contribution in [0.5, 0.6) is 0 Å². The average Bonchev–Trinajstić information content (AvgIpc) is 2.80. The first-order chi connectivity index (χ1) is 10.3. The van der Waals surface area contributed by atoms with E-state index in [2.05, 4.69) is 0 Å². The molecule has 2 rings (SSSR count). The van der Waals surface area contributed by atoms with E-state index in [1.807, 2.05) is 6.92 Å². The maximum absolute atomic E-state index is 12.4. The summed E-state index contributed by atoms with van der Waals surface area (Å²) >= 11 is 0. The van der Waals surface area contributed by atoms with Gasteiger partial charge in [-0.15, -0.1) is 0 Å². The summed E-state index contributed by atoms with van der Waals surface area (Å²) in [6.07, 6.45) is 0. The fourth-order valence-corrected chi connectivity index (χ4v) is 3.95. The number of hydrogen-bond acceptors (Lipinski definition) is 6. The van der Waals surface area contributed by atoms with Gasteiger partial charge in [-0.25, -0.2) is 8.42 Å². The van der Waals surface area contributed by atoms with E-state index in [1.54, 1.807) is 19.1 Å². The van der Waals surface area contributed by atoms with Gasteiger partial charge in [-0.3, -0.25) is 9.59 Å². The van der Waals surface area contributed by atoms with Gasteiger partial charge < -0.3 is 9.47 Å². The molecule has 0 aromatic heterocycles. The Labute approximate surface area is 129 Å². The summed E-state index contributed by atoms with van der Waals surface area (Å²) in [7, 11) is -3.61. The minimum absolute atomic E-state index is 0.0899. The van der Waals surface area contributed by atoms with Crippen LogP contribution in [0.2, 0.25) is 0 Å². The first kappa shape index (κ1) is 16.5. The van der Waals surface area contributed by atoms with Gasteiger partial charge in [-0.1, -0.05) is 17.7 Å². The van der Waals surface area contributed by atoms with Crippen LogP contribution in [0.3, 0.4) is 0 Å². The zero-order valence-electron chi connectivity index (χ0n) is 12.4. The molecule has 1 aromatic rings. The van der Waals surface area contributed by atoms with Gasteiger partial charge in [0.1, 0.15) is 0 Å². The Balaban J connectivity index is 2.19. The summed E-state index contributed by atoms with van der Waals surface area (Å²) in [5, 5.41) is 0. The monoisotopic (exact) mass is 326 g/mol. The van der Waals surface area contributed by atoms with E-state index in [9.17, 15) is 18.0 Å². The molecule has 120 valence electrons. The predicted molar refractivity (Wildman–Crippen MR) is 77.8 cm³/mol. The molecule has 7 heteroatoms. The molecule has 0 N–H and O–H groups in total. The lowest BCUT2D eigenvalue weighted by Gasteiger charge is -2.14. The van der Waals surface area contributed by atoms with Crippen molar-refractivity contribution >= 4 is 21.8 Å². The smallest absolute Gasteiger partial charge is 0.320 e. The molecule has 0 amide bonds. The lowest BCUT2D eigenvalue weighted by atomic mass is 9.98. The van der Waals surface area contributed by atoms with Crippen LogP contribution in [-0.4, -0.2) is 39.3 Å². The van der Waals surface area contributed by atoms with Crippen molar-refractivity contribution in [3.8, 4) is 0 Å². The van der Waals surface area contributed by atoms with E-state index in [4.69, 9.17) is 9.47 Å². The Morgan fingerprint density at radius 1 is 1.32 bits per heavy atom. The van der Waals surface area contributed by atoms with Crippen molar-refractivity contribution in [3.05, 3.63) is 29.8 Å². The molecule has 6 nitrogen and oxygen atoms in total. The summed E-state index contributed by atoms with van der Waals surface area (Å²) in [4.78, 5) is 23.6. The van der Waals surface area contributed by atoms with Crippen molar-refractivity contribution in [3.63, 3.8) is 0 Å². The minimum Gasteiger partial charge on any atom is -0.465 e. The SMILES string of the molecule is CCOC(=O)C1C(=O)OCC1CS(=O)(=O)c1ccc(C)cc1. The normalized spacial score (nSPS) is 21.5. The number of aryl methyl sites for hydroxylation is 1. The van der Waals surface area contributed by atoms with E-state index in [-0.39, 0.29) is 23.9 Å². The summed E-state index contributed by atoms with van der Waals surface area (Å²) in [5.74, 6) is -3.67. The molecule has 0 saturated carbocycles. The van der Waals surface area contributed by atoms with Crippen molar-refractivity contribution < 1.29 is 27.5 Å². The number of ether oxygens (including phenoxy) is 2. The lowest BCUT2D eigenvalue weighted by Crippen LogP contribution is -2.31. The van der Waals surface area contributed by atoms with Gasteiger partial charge in [0.15, 0.2) is 15.8 Å². The highest BCUT2D eigenvalue weighted by atomic mass is 32.2. The van der Waals surface area contributed by atoms with Gasteiger partial charge in [0.05, 0.1) is 23.9 Å².